The highest BCUT2D eigenvalue weighted by molar-refractivity contribution is 8.13. The van der Waals surface area contributed by atoms with Crippen molar-refractivity contribution in [1.29, 1.82) is 0 Å². The van der Waals surface area contributed by atoms with E-state index < -0.39 is 24.3 Å². The molecule has 0 unspecified atom stereocenters. The van der Waals surface area contributed by atoms with Crippen LogP contribution in [0.1, 0.15) is 50.7 Å². The topological polar surface area (TPSA) is 77.6 Å². The van der Waals surface area contributed by atoms with Gasteiger partial charge in [-0.25, -0.2) is 4.79 Å². The van der Waals surface area contributed by atoms with Gasteiger partial charge in [0.15, 0.2) is 5.12 Å². The molecule has 1 saturated heterocycles. The molecule has 0 radical (unpaired) electrons. The van der Waals surface area contributed by atoms with E-state index in [1.165, 1.54) is 18.9 Å². The van der Waals surface area contributed by atoms with Crippen LogP contribution in [0, 0.1) is 0 Å². The summed E-state index contributed by atoms with van der Waals surface area (Å²) >= 11 is 1.22. The fraction of sp³-hybridized carbons (Fsp3) is 0.429. The van der Waals surface area contributed by atoms with Crippen molar-refractivity contribution >= 4 is 46.9 Å². The number of hydrogen-bond donors (Lipinski definition) is 1. The van der Waals surface area contributed by atoms with Crippen LogP contribution in [-0.2, 0) is 18.8 Å². The minimum Gasteiger partial charge on any atom is -0.464 e. The van der Waals surface area contributed by atoms with Gasteiger partial charge in [0.1, 0.15) is 5.69 Å². The number of H-pyrrole nitrogens is 1. The molecule has 1 aromatic carbocycles. The lowest BCUT2D eigenvalue weighted by Crippen LogP contribution is -2.41. The Kier molecular flexibility index (Phi) is 5.99. The summed E-state index contributed by atoms with van der Waals surface area (Å²) in [5.41, 5.74) is 2.11. The van der Waals surface area contributed by atoms with Gasteiger partial charge in [-0.2, -0.15) is 0 Å². The maximum atomic E-state index is 11.8. The minimum absolute atomic E-state index is 0.0370. The lowest BCUT2D eigenvalue weighted by molar-refractivity contribution is -0.109. The zero-order chi connectivity index (χ0) is 21.4. The molecule has 0 saturated carbocycles. The summed E-state index contributed by atoms with van der Waals surface area (Å²) in [5, 5.41) is 0.952. The minimum atomic E-state index is -0.531. The average molecular weight is 415 g/mol. The van der Waals surface area contributed by atoms with E-state index in [-0.39, 0.29) is 5.12 Å². The summed E-state index contributed by atoms with van der Waals surface area (Å²) in [7, 11) is 0.822. The lowest BCUT2D eigenvalue weighted by atomic mass is 9.78. The number of aromatic amines is 1. The van der Waals surface area contributed by atoms with Crippen LogP contribution in [0.15, 0.2) is 29.7 Å². The van der Waals surface area contributed by atoms with Crippen molar-refractivity contribution in [3.8, 4) is 0 Å². The van der Waals surface area contributed by atoms with Gasteiger partial charge in [-0.3, -0.25) is 4.79 Å². The Morgan fingerprint density at radius 2 is 1.83 bits per heavy atom. The second-order valence-electron chi connectivity index (χ2n) is 8.11. The van der Waals surface area contributed by atoms with Gasteiger partial charge < -0.3 is 19.0 Å². The lowest BCUT2D eigenvalue weighted by Gasteiger charge is -2.32. The molecular weight excluding hydrogens is 389 g/mol. The third-order valence-electron chi connectivity index (χ3n) is 5.40. The number of carbonyl (C=O) groups is 2. The van der Waals surface area contributed by atoms with Crippen LogP contribution in [0.3, 0.4) is 0 Å². The Bertz CT molecular complexity index is 963. The molecule has 29 heavy (non-hydrogen) atoms. The predicted molar refractivity (Wildman–Crippen MR) is 117 cm³/mol. The van der Waals surface area contributed by atoms with E-state index in [0.717, 1.165) is 21.9 Å². The largest absolute Gasteiger partial charge is 0.491 e. The summed E-state index contributed by atoms with van der Waals surface area (Å²) < 4.78 is 17.1. The predicted octanol–water partition coefficient (Wildman–Crippen LogP) is 4.25. The monoisotopic (exact) mass is 415 g/mol. The Labute approximate surface area is 175 Å². The summed E-state index contributed by atoms with van der Waals surface area (Å²) in [4.78, 5) is 26.4. The number of aromatic nitrogens is 1. The van der Waals surface area contributed by atoms with Crippen molar-refractivity contribution in [2.45, 2.75) is 45.8 Å². The van der Waals surface area contributed by atoms with E-state index >= 15 is 0 Å². The molecule has 3 rings (SSSR count). The maximum absolute atomic E-state index is 11.8. The third kappa shape index (κ3) is 4.60. The van der Waals surface area contributed by atoms with Gasteiger partial charge >= 0.3 is 13.1 Å². The Hall–Kier alpha value is -2.03. The molecule has 6 nitrogen and oxygen atoms in total. The number of carbonyl (C=O) groups excluding carboxylic acids is 2. The molecule has 1 aliphatic rings. The quantitative estimate of drug-likeness (QED) is 0.581. The van der Waals surface area contributed by atoms with Crippen LogP contribution in [-0.4, -0.2) is 47.3 Å². The highest BCUT2D eigenvalue weighted by Crippen LogP contribution is 2.39. The fourth-order valence-electron chi connectivity index (χ4n) is 3.03. The number of nitrogens with one attached hydrogen (secondary N) is 1. The number of fused-ring (bicyclic) bond motifs is 1. The second kappa shape index (κ2) is 8.01. The van der Waals surface area contributed by atoms with Gasteiger partial charge in [0, 0.05) is 23.6 Å². The van der Waals surface area contributed by atoms with Crippen molar-refractivity contribution in [2.24, 2.45) is 0 Å². The van der Waals surface area contributed by atoms with Crippen molar-refractivity contribution in [3.63, 3.8) is 0 Å². The van der Waals surface area contributed by atoms with Crippen LogP contribution < -0.4 is 0 Å². The average Bonchev–Trinajstić information content (AvgIpc) is 3.15. The summed E-state index contributed by atoms with van der Waals surface area (Å²) in [6, 6.07) is 7.60. The Morgan fingerprint density at radius 1 is 1.17 bits per heavy atom. The van der Waals surface area contributed by atoms with Crippen molar-refractivity contribution in [2.75, 3.05) is 12.9 Å². The van der Waals surface area contributed by atoms with Crippen LogP contribution >= 0.6 is 11.8 Å². The van der Waals surface area contributed by atoms with E-state index in [0.29, 0.717) is 11.4 Å². The molecule has 8 heteroatoms. The molecule has 0 atom stereocenters. The number of rotatable bonds is 5. The van der Waals surface area contributed by atoms with Gasteiger partial charge in [0.25, 0.3) is 0 Å². The molecule has 0 spiro atoms. The number of esters is 1. The summed E-state index contributed by atoms with van der Waals surface area (Å²) in [6.45, 7) is 9.56. The number of benzene rings is 1. The SMILES string of the molecule is COC(=O)c1cc2ccc(C=C(CSC(C)=O)B3OC(C)(C)C(C)(C)O3)cc2[nH]1. The van der Waals surface area contributed by atoms with Crippen LogP contribution in [0.25, 0.3) is 17.0 Å². The zero-order valence-corrected chi connectivity index (χ0v) is 18.4. The summed E-state index contributed by atoms with van der Waals surface area (Å²) in [5.74, 6) is 0.0663. The van der Waals surface area contributed by atoms with Gasteiger partial charge in [0.2, 0.25) is 0 Å². The molecule has 0 aliphatic carbocycles. The van der Waals surface area contributed by atoms with E-state index in [2.05, 4.69) is 4.98 Å². The molecule has 1 fully saturated rings. The van der Waals surface area contributed by atoms with E-state index in [4.69, 9.17) is 14.0 Å². The first-order valence-corrected chi connectivity index (χ1v) is 10.4. The Balaban J connectivity index is 1.95. The number of thioether (sulfide) groups is 1. The van der Waals surface area contributed by atoms with Crippen LogP contribution in [0.4, 0.5) is 0 Å². The van der Waals surface area contributed by atoms with Crippen LogP contribution in [0.5, 0.6) is 0 Å². The molecular formula is C21H26BNO5S. The van der Waals surface area contributed by atoms with Crippen LogP contribution in [0.2, 0.25) is 0 Å². The zero-order valence-electron chi connectivity index (χ0n) is 17.6. The summed E-state index contributed by atoms with van der Waals surface area (Å²) in [6.07, 6.45) is 1.98. The smallest absolute Gasteiger partial charge is 0.464 e. The molecule has 0 bridgehead atoms. The van der Waals surface area contributed by atoms with Gasteiger partial charge in [0.05, 0.1) is 18.3 Å². The first-order valence-electron chi connectivity index (χ1n) is 9.43. The molecule has 1 N–H and O–H groups in total. The number of hydrogen-bond acceptors (Lipinski definition) is 6. The molecule has 1 aliphatic heterocycles. The number of ether oxygens (including phenoxy) is 1. The number of methoxy groups -OCH3 is 1. The van der Waals surface area contributed by atoms with Gasteiger partial charge in [-0.15, -0.1) is 0 Å². The normalized spacial score (nSPS) is 18.3. The Morgan fingerprint density at radius 3 is 2.41 bits per heavy atom. The maximum Gasteiger partial charge on any atom is 0.491 e. The molecule has 1 aromatic heterocycles. The first-order chi connectivity index (χ1) is 13.5. The standard InChI is InChI=1S/C21H26BNO5S/c1-13(24)29-12-16(22-27-20(2,3)21(4,5)28-22)9-14-7-8-15-11-18(19(25)26-6)23-17(15)10-14/h7-11,23H,12H2,1-6H3. The molecule has 0 amide bonds. The van der Waals surface area contributed by atoms with Crippen molar-refractivity contribution in [3.05, 3.63) is 41.0 Å². The van der Waals surface area contributed by atoms with Gasteiger partial charge in [-0.05, 0) is 50.9 Å². The molecule has 154 valence electrons. The van der Waals surface area contributed by atoms with E-state index in [1.54, 1.807) is 13.0 Å². The second-order valence-corrected chi connectivity index (χ2v) is 9.26. The highest BCUT2D eigenvalue weighted by atomic mass is 32.2. The van der Waals surface area contributed by atoms with E-state index in [9.17, 15) is 9.59 Å². The fourth-order valence-corrected chi connectivity index (χ4v) is 3.61. The third-order valence-corrected chi connectivity index (χ3v) is 6.29. The molecule has 2 heterocycles. The van der Waals surface area contributed by atoms with E-state index in [1.807, 2.05) is 52.0 Å². The highest BCUT2D eigenvalue weighted by Gasteiger charge is 2.52. The molecule has 2 aromatic rings. The first kappa shape index (κ1) is 21.7. The van der Waals surface area contributed by atoms with Crippen molar-refractivity contribution < 1.29 is 23.6 Å². The van der Waals surface area contributed by atoms with Gasteiger partial charge in [-0.1, -0.05) is 30.0 Å². The van der Waals surface area contributed by atoms with Crippen molar-refractivity contribution in [1.82, 2.24) is 4.98 Å².